The number of phenols is 1. The summed E-state index contributed by atoms with van der Waals surface area (Å²) in [5.74, 6) is -0.540. The fourth-order valence-corrected chi connectivity index (χ4v) is 8.82. The van der Waals surface area contributed by atoms with Crippen molar-refractivity contribution in [1.29, 1.82) is 0 Å². The molecule has 0 amide bonds. The van der Waals surface area contributed by atoms with Crippen LogP contribution < -0.4 is 20.9 Å². The highest BCUT2D eigenvalue weighted by Gasteiger charge is 2.32. The average molecular weight is 842 g/mol. The monoisotopic (exact) mass is 841 g/mol. The Morgan fingerprint density at radius 2 is 1.21 bits per heavy atom. The van der Waals surface area contributed by atoms with Crippen molar-refractivity contribution in [2.24, 2.45) is 0 Å². The summed E-state index contributed by atoms with van der Waals surface area (Å²) < 4.78 is 17.8. The number of rotatable bonds is 21. The molecule has 13 nitrogen and oxygen atoms in total. The summed E-state index contributed by atoms with van der Waals surface area (Å²) in [5, 5.41) is 41.1. The van der Waals surface area contributed by atoms with Crippen molar-refractivity contribution in [2.75, 3.05) is 74.7 Å². The van der Waals surface area contributed by atoms with E-state index in [9.17, 15) is 34.5 Å². The van der Waals surface area contributed by atoms with Crippen molar-refractivity contribution >= 4 is 66.8 Å². The molecule has 5 aromatic carbocycles. The molecule has 0 saturated heterocycles. The van der Waals surface area contributed by atoms with E-state index >= 15 is 0 Å². The van der Waals surface area contributed by atoms with E-state index in [0.717, 1.165) is 54.2 Å². The number of aliphatic hydroxyl groups is 2. The fourth-order valence-electron chi connectivity index (χ4n) is 8.82. The van der Waals surface area contributed by atoms with Gasteiger partial charge >= 0.3 is 11.9 Å². The van der Waals surface area contributed by atoms with Gasteiger partial charge in [0.25, 0.3) is 0 Å². The van der Waals surface area contributed by atoms with Crippen LogP contribution in [-0.4, -0.2) is 106 Å². The van der Waals surface area contributed by atoms with Crippen LogP contribution in [-0.2, 0) is 45.1 Å². The minimum atomic E-state index is -0.480. The fraction of sp³-hybridized carbons (Fsp3) is 0.500. The molecule has 4 N–H and O–H groups in total. The quantitative estimate of drug-likeness (QED) is 0.0160. The number of anilines is 1. The van der Waals surface area contributed by atoms with Crippen LogP contribution >= 0.6 is 0 Å². The molecule has 0 saturated carbocycles. The van der Waals surface area contributed by atoms with Gasteiger partial charge in [0.05, 0.1) is 73.4 Å². The average Bonchev–Trinajstić information content (AvgIpc) is 3.34. The Morgan fingerprint density at radius 1 is 0.689 bits per heavy atom. The van der Waals surface area contributed by atoms with Crippen molar-refractivity contribution in [3.63, 3.8) is 0 Å². The van der Waals surface area contributed by atoms with Gasteiger partial charge in [0, 0.05) is 41.4 Å². The van der Waals surface area contributed by atoms with Crippen molar-refractivity contribution in [1.82, 2.24) is 0 Å². The third kappa shape index (κ3) is 9.55. The molecule has 13 heteroatoms. The lowest BCUT2D eigenvalue weighted by atomic mass is 9.80. The highest BCUT2D eigenvalue weighted by Crippen LogP contribution is 2.53. The number of phenolic OH excluding ortho intramolecular Hbond substituents is 1. The summed E-state index contributed by atoms with van der Waals surface area (Å²) >= 11 is 0. The Balaban J connectivity index is 1.49. The number of quaternary nitrogens is 2. The van der Waals surface area contributed by atoms with E-state index in [2.05, 4.69) is 11.4 Å². The lowest BCUT2D eigenvalue weighted by Gasteiger charge is -2.26. The maximum atomic E-state index is 14.6. The van der Waals surface area contributed by atoms with Crippen LogP contribution in [0, 0.1) is 0 Å². The molecular weight excluding hydrogens is 779 g/mol. The first kappa shape index (κ1) is 45.4. The van der Waals surface area contributed by atoms with Crippen molar-refractivity contribution in [3.05, 3.63) is 66.0 Å². The first-order valence-corrected chi connectivity index (χ1v) is 21.4. The zero-order valence-corrected chi connectivity index (χ0v) is 37.1. The maximum Gasteiger partial charge on any atom is 0.310 e. The van der Waals surface area contributed by atoms with Gasteiger partial charge in [-0.15, -0.1) is 0 Å². The Hall–Kier alpha value is -5.08. The number of nitrogens with zero attached hydrogens (tertiary/aromatic N) is 2. The van der Waals surface area contributed by atoms with Crippen LogP contribution in [0.25, 0.3) is 49.2 Å². The molecule has 1 aliphatic rings. The first-order chi connectivity index (χ1) is 28.9. The molecule has 0 radical (unpaired) electrons. The SMILES string of the molecule is COc1c(O)c2c(=O)cc(CO)c3c4c(CO)cc(=O)c5c(NCCCCCC(=O)OC[N+](C)(C)C)c(CCCCCCC(=O)OC[N+](C)(C)C)c6c(c(c1CC(C)=C6)c23)c54. The van der Waals surface area contributed by atoms with Gasteiger partial charge < -0.3 is 34.8 Å². The topological polar surface area (TPSA) is 169 Å². The Morgan fingerprint density at radius 3 is 1.75 bits per heavy atom. The van der Waals surface area contributed by atoms with Crippen LogP contribution in [0.4, 0.5) is 5.69 Å². The first-order valence-electron chi connectivity index (χ1n) is 21.4. The van der Waals surface area contributed by atoms with Gasteiger partial charge in [-0.3, -0.25) is 28.1 Å². The number of nitrogens with one attached hydrogen (secondary N) is 1. The van der Waals surface area contributed by atoms with Gasteiger partial charge in [-0.2, -0.15) is 0 Å². The number of fused-ring (bicyclic) bond motifs is 1. The lowest BCUT2D eigenvalue weighted by Crippen LogP contribution is -2.37. The van der Waals surface area contributed by atoms with Crippen LogP contribution in [0.2, 0.25) is 0 Å². The Labute approximate surface area is 357 Å². The summed E-state index contributed by atoms with van der Waals surface area (Å²) in [4.78, 5) is 53.3. The van der Waals surface area contributed by atoms with E-state index in [-0.39, 0.29) is 34.3 Å². The summed E-state index contributed by atoms with van der Waals surface area (Å²) in [6, 6.07) is 2.77. The van der Waals surface area contributed by atoms with Gasteiger partial charge in [0.1, 0.15) is 0 Å². The summed E-state index contributed by atoms with van der Waals surface area (Å²) in [7, 11) is 13.2. The third-order valence-electron chi connectivity index (χ3n) is 11.5. The second-order valence-electron chi connectivity index (χ2n) is 18.7. The predicted molar refractivity (Wildman–Crippen MR) is 241 cm³/mol. The number of hydrogen-bond donors (Lipinski definition) is 4. The van der Waals surface area contributed by atoms with Gasteiger partial charge in [0.2, 0.25) is 13.5 Å². The number of carbonyl (C=O) groups excluding carboxylic acids is 2. The second kappa shape index (κ2) is 18.5. The molecule has 6 rings (SSSR count). The van der Waals surface area contributed by atoms with Gasteiger partial charge in [-0.25, -0.2) is 0 Å². The number of carbonyl (C=O) groups is 2. The second-order valence-corrected chi connectivity index (χ2v) is 18.7. The lowest BCUT2D eigenvalue weighted by molar-refractivity contribution is -0.888. The molecule has 0 aliphatic heterocycles. The van der Waals surface area contributed by atoms with Crippen LogP contribution in [0.1, 0.15) is 92.5 Å². The predicted octanol–water partition coefficient (Wildman–Crippen LogP) is 6.43. The molecule has 61 heavy (non-hydrogen) atoms. The largest absolute Gasteiger partial charge is 0.504 e. The molecule has 328 valence electrons. The number of unbranched alkanes of at least 4 members (excludes halogenated alkanes) is 5. The number of benzene rings is 5. The minimum absolute atomic E-state index is 0.0623. The number of aliphatic hydroxyl groups excluding tert-OH is 2. The standard InChI is InChI=1S/C48H61N3O10/c1-28-20-32-31(16-12-9-10-13-17-36(56)60-26-50(2,3)4)46(49-19-15-11-14-18-37(57)61-27-51(5,6)7)42-34(54)22-29(24-52)38-39-30(25-53)23-35(55)43-45(39)41(40(32)44(38)42)33(21-28)48(59-8)47(43)58/h20,22-23,52-53H,9-19,21,24-27H2,1-8H3/p+2. The third-order valence-corrected chi connectivity index (χ3v) is 11.5. The van der Waals surface area contributed by atoms with Gasteiger partial charge in [0.15, 0.2) is 22.4 Å². The van der Waals surface area contributed by atoms with Crippen LogP contribution in [0.3, 0.4) is 0 Å². The molecule has 0 heterocycles. The van der Waals surface area contributed by atoms with Crippen LogP contribution in [0.15, 0.2) is 27.3 Å². The smallest absolute Gasteiger partial charge is 0.310 e. The van der Waals surface area contributed by atoms with Crippen molar-refractivity contribution < 1.29 is 48.1 Å². The van der Waals surface area contributed by atoms with E-state index in [1.165, 1.54) is 19.2 Å². The Kier molecular flexibility index (Phi) is 13.8. The zero-order valence-electron chi connectivity index (χ0n) is 37.1. The summed E-state index contributed by atoms with van der Waals surface area (Å²) in [6.45, 7) is 2.19. The maximum absolute atomic E-state index is 14.6. The van der Waals surface area contributed by atoms with E-state index < -0.39 is 18.6 Å². The molecule has 0 aromatic heterocycles. The highest BCUT2D eigenvalue weighted by atomic mass is 16.6. The zero-order chi connectivity index (χ0) is 44.4. The number of ether oxygens (including phenoxy) is 3. The van der Waals surface area contributed by atoms with Gasteiger partial charge in [-0.1, -0.05) is 30.9 Å². The number of allylic oxidation sites excluding steroid dienone is 1. The normalized spacial score (nSPS) is 13.1. The summed E-state index contributed by atoms with van der Waals surface area (Å²) in [5.41, 5.74) is 4.11. The minimum Gasteiger partial charge on any atom is -0.504 e. The van der Waals surface area contributed by atoms with E-state index in [1.807, 2.05) is 49.2 Å². The molecule has 5 aromatic rings. The number of methoxy groups -OCH3 is 1. The van der Waals surface area contributed by atoms with Crippen molar-refractivity contribution in [2.45, 2.75) is 90.8 Å². The number of esters is 2. The molecule has 0 spiro atoms. The molecule has 0 unspecified atom stereocenters. The molecule has 0 atom stereocenters. The van der Waals surface area contributed by atoms with Crippen molar-refractivity contribution in [3.8, 4) is 11.5 Å². The van der Waals surface area contributed by atoms with E-state index in [1.54, 1.807) is 0 Å². The molecule has 1 aliphatic carbocycles. The number of aromatic hydroxyl groups is 1. The van der Waals surface area contributed by atoms with E-state index in [4.69, 9.17) is 14.2 Å². The molecular formula is C48H63N3O10+2. The van der Waals surface area contributed by atoms with Gasteiger partial charge in [-0.05, 0) is 101 Å². The van der Waals surface area contributed by atoms with E-state index in [0.29, 0.717) is 122 Å². The van der Waals surface area contributed by atoms with Crippen LogP contribution in [0.5, 0.6) is 11.5 Å². The molecule has 0 bridgehead atoms. The molecule has 0 fully saturated rings. The number of hydrogen-bond acceptors (Lipinski definition) is 11. The Bertz CT molecular complexity index is 2600. The highest BCUT2D eigenvalue weighted by molar-refractivity contribution is 6.38. The summed E-state index contributed by atoms with van der Waals surface area (Å²) in [6.07, 6.45) is 8.97.